The van der Waals surface area contributed by atoms with Gasteiger partial charge in [0.15, 0.2) is 0 Å². The van der Waals surface area contributed by atoms with E-state index in [1.165, 1.54) is 6.42 Å². The van der Waals surface area contributed by atoms with Crippen molar-refractivity contribution in [3.05, 3.63) is 29.8 Å². The van der Waals surface area contributed by atoms with Gasteiger partial charge in [-0.25, -0.2) is 0 Å². The van der Waals surface area contributed by atoms with Gasteiger partial charge in [-0.15, -0.1) is 0 Å². The first-order valence-corrected chi connectivity index (χ1v) is 6.57. The predicted octanol–water partition coefficient (Wildman–Crippen LogP) is 2.69. The SMILES string of the molecule is CN(CC1(O)CCCCC1)c1ccc(C#N)cc1. The van der Waals surface area contributed by atoms with E-state index in [-0.39, 0.29) is 0 Å². The van der Waals surface area contributed by atoms with Crippen molar-refractivity contribution in [3.63, 3.8) is 0 Å². The minimum absolute atomic E-state index is 0.541. The summed E-state index contributed by atoms with van der Waals surface area (Å²) in [6.07, 6.45) is 5.28. The van der Waals surface area contributed by atoms with E-state index >= 15 is 0 Å². The molecule has 0 bridgehead atoms. The van der Waals surface area contributed by atoms with Crippen LogP contribution >= 0.6 is 0 Å². The lowest BCUT2D eigenvalue weighted by Gasteiger charge is -2.36. The van der Waals surface area contributed by atoms with Crippen LogP contribution in [-0.4, -0.2) is 24.3 Å². The number of likely N-dealkylation sites (N-methyl/N-ethyl adjacent to an activating group) is 1. The highest BCUT2D eigenvalue weighted by Gasteiger charge is 2.30. The van der Waals surface area contributed by atoms with Gasteiger partial charge in [0.1, 0.15) is 0 Å². The summed E-state index contributed by atoms with van der Waals surface area (Å²) in [6, 6.07) is 9.62. The molecule has 0 radical (unpaired) electrons. The standard InChI is InChI=1S/C15H20N2O/c1-17(12-15(18)9-3-2-4-10-15)14-7-5-13(11-16)6-8-14/h5-8,18H,2-4,9-10,12H2,1H3. The minimum atomic E-state index is -0.541. The number of benzene rings is 1. The lowest BCUT2D eigenvalue weighted by molar-refractivity contribution is 0.0119. The third-order valence-electron chi connectivity index (χ3n) is 3.75. The maximum absolute atomic E-state index is 10.5. The fraction of sp³-hybridized carbons (Fsp3) is 0.533. The maximum Gasteiger partial charge on any atom is 0.0991 e. The van der Waals surface area contributed by atoms with E-state index < -0.39 is 5.60 Å². The van der Waals surface area contributed by atoms with Crippen LogP contribution in [0.5, 0.6) is 0 Å². The monoisotopic (exact) mass is 244 g/mol. The van der Waals surface area contributed by atoms with Crippen molar-refractivity contribution in [3.8, 4) is 6.07 Å². The highest BCUT2D eigenvalue weighted by Crippen LogP contribution is 2.29. The molecule has 3 nitrogen and oxygen atoms in total. The van der Waals surface area contributed by atoms with Crippen molar-refractivity contribution < 1.29 is 5.11 Å². The maximum atomic E-state index is 10.5. The Labute approximate surface area is 109 Å². The summed E-state index contributed by atoms with van der Waals surface area (Å²) in [6.45, 7) is 0.666. The first-order valence-electron chi connectivity index (χ1n) is 6.57. The van der Waals surface area contributed by atoms with Crippen molar-refractivity contribution in [2.24, 2.45) is 0 Å². The largest absolute Gasteiger partial charge is 0.388 e. The van der Waals surface area contributed by atoms with Gasteiger partial charge in [0.25, 0.3) is 0 Å². The Balaban J connectivity index is 2.02. The van der Waals surface area contributed by atoms with Crippen LogP contribution in [-0.2, 0) is 0 Å². The molecule has 3 heteroatoms. The highest BCUT2D eigenvalue weighted by molar-refractivity contribution is 5.49. The molecule has 0 aromatic heterocycles. The molecule has 1 aliphatic carbocycles. The topological polar surface area (TPSA) is 47.3 Å². The Morgan fingerprint density at radius 2 is 1.83 bits per heavy atom. The zero-order valence-corrected chi connectivity index (χ0v) is 10.9. The van der Waals surface area contributed by atoms with E-state index in [4.69, 9.17) is 5.26 Å². The molecular weight excluding hydrogens is 224 g/mol. The summed E-state index contributed by atoms with van der Waals surface area (Å²) in [5.74, 6) is 0. The lowest BCUT2D eigenvalue weighted by Crippen LogP contribution is -2.43. The van der Waals surface area contributed by atoms with Crippen molar-refractivity contribution >= 4 is 5.69 Å². The Morgan fingerprint density at radius 1 is 1.22 bits per heavy atom. The van der Waals surface area contributed by atoms with Crippen LogP contribution in [0.15, 0.2) is 24.3 Å². The molecule has 1 aromatic rings. The molecular formula is C15H20N2O. The summed E-state index contributed by atoms with van der Waals surface area (Å²) in [4.78, 5) is 2.08. The van der Waals surface area contributed by atoms with Crippen molar-refractivity contribution in [1.29, 1.82) is 5.26 Å². The van der Waals surface area contributed by atoms with Crippen LogP contribution in [0.2, 0.25) is 0 Å². The zero-order valence-electron chi connectivity index (χ0n) is 10.9. The summed E-state index contributed by atoms with van der Waals surface area (Å²) in [5.41, 5.74) is 1.18. The van der Waals surface area contributed by atoms with Gasteiger partial charge in [0, 0.05) is 19.3 Å². The number of hydrogen-bond donors (Lipinski definition) is 1. The average Bonchev–Trinajstić information content (AvgIpc) is 2.39. The van der Waals surface area contributed by atoms with E-state index in [0.717, 1.165) is 31.4 Å². The molecule has 1 aromatic carbocycles. The van der Waals surface area contributed by atoms with Crippen molar-refractivity contribution in [1.82, 2.24) is 0 Å². The van der Waals surface area contributed by atoms with Crippen molar-refractivity contribution in [2.75, 3.05) is 18.5 Å². The minimum Gasteiger partial charge on any atom is -0.388 e. The molecule has 1 saturated carbocycles. The number of nitriles is 1. The van der Waals surface area contributed by atoms with E-state index in [1.807, 2.05) is 31.3 Å². The molecule has 18 heavy (non-hydrogen) atoms. The van der Waals surface area contributed by atoms with Gasteiger partial charge in [-0.05, 0) is 37.1 Å². The van der Waals surface area contributed by atoms with Gasteiger partial charge in [-0.3, -0.25) is 0 Å². The summed E-state index contributed by atoms with van der Waals surface area (Å²) in [5, 5.41) is 19.3. The van der Waals surface area contributed by atoms with Gasteiger partial charge in [-0.1, -0.05) is 19.3 Å². The molecule has 0 saturated heterocycles. The Bertz CT molecular complexity index is 427. The van der Waals surface area contributed by atoms with E-state index in [1.54, 1.807) is 0 Å². The molecule has 1 fully saturated rings. The van der Waals surface area contributed by atoms with Crippen LogP contribution in [0.25, 0.3) is 0 Å². The van der Waals surface area contributed by atoms with Crippen LogP contribution in [0.3, 0.4) is 0 Å². The van der Waals surface area contributed by atoms with Gasteiger partial charge in [-0.2, -0.15) is 5.26 Å². The molecule has 0 heterocycles. The second-order valence-electron chi connectivity index (χ2n) is 5.30. The molecule has 0 unspecified atom stereocenters. The number of hydrogen-bond acceptors (Lipinski definition) is 3. The van der Waals surface area contributed by atoms with E-state index in [2.05, 4.69) is 11.0 Å². The number of nitrogens with zero attached hydrogens (tertiary/aromatic N) is 2. The van der Waals surface area contributed by atoms with E-state index in [0.29, 0.717) is 12.1 Å². The van der Waals surface area contributed by atoms with Gasteiger partial charge < -0.3 is 10.0 Å². The third kappa shape index (κ3) is 3.02. The Hall–Kier alpha value is -1.53. The fourth-order valence-corrected chi connectivity index (χ4v) is 2.69. The Morgan fingerprint density at radius 3 is 2.39 bits per heavy atom. The number of aliphatic hydroxyl groups is 1. The zero-order chi connectivity index (χ0) is 13.0. The lowest BCUT2D eigenvalue weighted by atomic mass is 9.84. The van der Waals surface area contributed by atoms with Gasteiger partial charge >= 0.3 is 0 Å². The van der Waals surface area contributed by atoms with Gasteiger partial charge in [0.05, 0.1) is 17.2 Å². The average molecular weight is 244 g/mol. The van der Waals surface area contributed by atoms with Crippen LogP contribution in [0, 0.1) is 11.3 Å². The van der Waals surface area contributed by atoms with Crippen LogP contribution < -0.4 is 4.90 Å². The molecule has 96 valence electrons. The van der Waals surface area contributed by atoms with E-state index in [9.17, 15) is 5.11 Å². The quantitative estimate of drug-likeness (QED) is 0.889. The number of anilines is 1. The Kier molecular flexibility index (Phi) is 3.88. The molecule has 0 amide bonds. The smallest absolute Gasteiger partial charge is 0.0991 e. The molecule has 1 N–H and O–H groups in total. The second-order valence-corrected chi connectivity index (χ2v) is 5.30. The summed E-state index contributed by atoms with van der Waals surface area (Å²) < 4.78 is 0. The third-order valence-corrected chi connectivity index (χ3v) is 3.75. The molecule has 0 aliphatic heterocycles. The molecule has 2 rings (SSSR count). The second kappa shape index (κ2) is 5.41. The first kappa shape index (κ1) is 12.9. The number of rotatable bonds is 3. The molecule has 0 spiro atoms. The highest BCUT2D eigenvalue weighted by atomic mass is 16.3. The van der Waals surface area contributed by atoms with Crippen LogP contribution in [0.4, 0.5) is 5.69 Å². The first-order chi connectivity index (χ1) is 8.63. The van der Waals surface area contributed by atoms with Gasteiger partial charge in [0.2, 0.25) is 0 Å². The molecule has 1 aliphatic rings. The normalized spacial score (nSPS) is 18.1. The predicted molar refractivity (Wildman–Crippen MR) is 72.5 cm³/mol. The van der Waals surface area contributed by atoms with Crippen LogP contribution in [0.1, 0.15) is 37.7 Å². The van der Waals surface area contributed by atoms with Crippen molar-refractivity contribution in [2.45, 2.75) is 37.7 Å². The summed E-state index contributed by atoms with van der Waals surface area (Å²) in [7, 11) is 1.99. The molecule has 0 atom stereocenters. The fourth-order valence-electron chi connectivity index (χ4n) is 2.69. The summed E-state index contributed by atoms with van der Waals surface area (Å²) >= 11 is 0.